The number of carbonyl (C=O) groups is 2. The van der Waals surface area contributed by atoms with E-state index in [9.17, 15) is 18.0 Å². The zero-order valence-corrected chi connectivity index (χ0v) is 19.5. The van der Waals surface area contributed by atoms with Crippen LogP contribution >= 0.6 is 23.2 Å². The van der Waals surface area contributed by atoms with Crippen LogP contribution in [-0.4, -0.2) is 32.4 Å². The molecule has 0 spiro atoms. The molecule has 1 atom stereocenters. The van der Waals surface area contributed by atoms with E-state index < -0.39 is 28.0 Å². The Bertz CT molecular complexity index is 1150. The van der Waals surface area contributed by atoms with Crippen molar-refractivity contribution >= 4 is 50.8 Å². The Labute approximate surface area is 191 Å². The monoisotopic (exact) mass is 484 g/mol. The van der Waals surface area contributed by atoms with Crippen LogP contribution in [0.3, 0.4) is 0 Å². The molecule has 1 amide bonds. The van der Waals surface area contributed by atoms with Crippen LogP contribution < -0.4 is 10.0 Å². The lowest BCUT2D eigenvalue weighted by Gasteiger charge is -2.16. The molecule has 2 aromatic rings. The minimum Gasteiger partial charge on any atom is -0.449 e. The molecule has 0 aromatic heterocycles. The standard InChI is InChI=1S/C21H22Cl2N2O5S/c1-11-4-7-18(12(2)8-11)24-20(26)13(3)30-21(27)15-9-19(17(23)10-16(15)22)31(28,29)25-14-5-6-14/h4,7-10,13-14,25H,5-6H2,1-3H3,(H,24,26). The molecular formula is C21H22Cl2N2O5S. The van der Waals surface area contributed by atoms with Crippen molar-refractivity contribution in [2.75, 3.05) is 5.32 Å². The molecule has 1 aliphatic rings. The SMILES string of the molecule is Cc1ccc(NC(=O)C(C)OC(=O)c2cc(S(=O)(=O)NC3CC3)c(Cl)cc2Cl)c(C)c1. The summed E-state index contributed by atoms with van der Waals surface area (Å²) in [7, 11) is -3.92. The van der Waals surface area contributed by atoms with E-state index >= 15 is 0 Å². The molecule has 0 heterocycles. The van der Waals surface area contributed by atoms with E-state index in [1.54, 1.807) is 6.07 Å². The highest BCUT2D eigenvalue weighted by molar-refractivity contribution is 7.89. The summed E-state index contributed by atoms with van der Waals surface area (Å²) in [5.74, 6) is -1.47. The summed E-state index contributed by atoms with van der Waals surface area (Å²) in [4.78, 5) is 24.8. The van der Waals surface area contributed by atoms with Gasteiger partial charge in [-0.3, -0.25) is 4.79 Å². The number of sulfonamides is 1. The summed E-state index contributed by atoms with van der Waals surface area (Å²) in [5, 5.41) is 2.51. The predicted octanol–water partition coefficient (Wildman–Crippen LogP) is 4.23. The highest BCUT2D eigenvalue weighted by Crippen LogP contribution is 2.31. The fraction of sp³-hybridized carbons (Fsp3) is 0.333. The lowest BCUT2D eigenvalue weighted by atomic mass is 10.1. The molecule has 0 radical (unpaired) electrons. The molecule has 2 aromatic carbocycles. The summed E-state index contributed by atoms with van der Waals surface area (Å²) in [6, 6.07) is 7.62. The molecule has 3 rings (SSSR count). The zero-order chi connectivity index (χ0) is 22.9. The van der Waals surface area contributed by atoms with Crippen LogP contribution in [0.5, 0.6) is 0 Å². The number of amides is 1. The normalized spacial score (nSPS) is 14.7. The van der Waals surface area contributed by atoms with Gasteiger partial charge in [0, 0.05) is 11.7 Å². The number of aryl methyl sites for hydroxylation is 2. The Morgan fingerprint density at radius 3 is 2.39 bits per heavy atom. The topological polar surface area (TPSA) is 102 Å². The highest BCUT2D eigenvalue weighted by Gasteiger charge is 2.31. The minimum atomic E-state index is -3.92. The van der Waals surface area contributed by atoms with E-state index in [1.165, 1.54) is 13.0 Å². The third-order valence-electron chi connectivity index (χ3n) is 4.72. The number of carbonyl (C=O) groups excluding carboxylic acids is 2. The van der Waals surface area contributed by atoms with Gasteiger partial charge in [0.05, 0.1) is 15.6 Å². The smallest absolute Gasteiger partial charge is 0.340 e. The van der Waals surface area contributed by atoms with Crippen LogP contribution in [0.25, 0.3) is 0 Å². The van der Waals surface area contributed by atoms with Gasteiger partial charge in [0.15, 0.2) is 6.10 Å². The van der Waals surface area contributed by atoms with Crippen LogP contribution in [0.1, 0.15) is 41.3 Å². The summed E-state index contributed by atoms with van der Waals surface area (Å²) < 4.78 is 32.8. The van der Waals surface area contributed by atoms with Crippen molar-refractivity contribution in [3.63, 3.8) is 0 Å². The average Bonchev–Trinajstić information content (AvgIpc) is 3.46. The van der Waals surface area contributed by atoms with Gasteiger partial charge in [0.1, 0.15) is 4.90 Å². The average molecular weight is 485 g/mol. The Morgan fingerprint density at radius 2 is 1.77 bits per heavy atom. The van der Waals surface area contributed by atoms with E-state index in [4.69, 9.17) is 27.9 Å². The Morgan fingerprint density at radius 1 is 1.10 bits per heavy atom. The van der Waals surface area contributed by atoms with Gasteiger partial charge >= 0.3 is 5.97 Å². The van der Waals surface area contributed by atoms with Gasteiger partial charge in [-0.15, -0.1) is 0 Å². The number of benzene rings is 2. The first-order chi connectivity index (χ1) is 14.5. The van der Waals surface area contributed by atoms with Crippen molar-refractivity contribution in [3.05, 3.63) is 57.1 Å². The van der Waals surface area contributed by atoms with Crippen LogP contribution in [0.2, 0.25) is 10.0 Å². The number of nitrogens with one attached hydrogen (secondary N) is 2. The number of anilines is 1. The lowest BCUT2D eigenvalue weighted by molar-refractivity contribution is -0.123. The van der Waals surface area contributed by atoms with Crippen molar-refractivity contribution in [2.45, 2.75) is 50.7 Å². The van der Waals surface area contributed by atoms with E-state index in [2.05, 4.69) is 10.0 Å². The molecule has 0 aliphatic heterocycles. The van der Waals surface area contributed by atoms with Crippen molar-refractivity contribution in [2.24, 2.45) is 0 Å². The Balaban J connectivity index is 1.76. The number of ether oxygens (including phenoxy) is 1. The summed E-state index contributed by atoms with van der Waals surface area (Å²) in [5.41, 5.74) is 2.32. The number of esters is 1. The molecular weight excluding hydrogens is 463 g/mol. The fourth-order valence-electron chi connectivity index (χ4n) is 2.84. The van der Waals surface area contributed by atoms with Gasteiger partial charge < -0.3 is 10.1 Å². The van der Waals surface area contributed by atoms with Crippen molar-refractivity contribution in [1.82, 2.24) is 4.72 Å². The van der Waals surface area contributed by atoms with Gasteiger partial charge in [-0.25, -0.2) is 17.9 Å². The quantitative estimate of drug-likeness (QED) is 0.572. The van der Waals surface area contributed by atoms with E-state index in [0.29, 0.717) is 5.69 Å². The molecule has 1 unspecified atom stereocenters. The summed E-state index contributed by atoms with van der Waals surface area (Å²) in [6.45, 7) is 5.20. The summed E-state index contributed by atoms with van der Waals surface area (Å²) >= 11 is 12.1. The molecule has 0 saturated heterocycles. The third kappa shape index (κ3) is 5.77. The van der Waals surface area contributed by atoms with E-state index in [-0.39, 0.29) is 26.5 Å². The van der Waals surface area contributed by atoms with Crippen molar-refractivity contribution in [1.29, 1.82) is 0 Å². The zero-order valence-electron chi connectivity index (χ0n) is 17.2. The molecule has 0 bridgehead atoms. The second-order valence-corrected chi connectivity index (χ2v) is 10.0. The maximum Gasteiger partial charge on any atom is 0.340 e. The number of halogens is 2. The first-order valence-electron chi connectivity index (χ1n) is 9.58. The summed E-state index contributed by atoms with van der Waals surface area (Å²) in [6.07, 6.45) is 0.336. The van der Waals surface area contributed by atoms with Gasteiger partial charge in [-0.1, -0.05) is 40.9 Å². The van der Waals surface area contributed by atoms with Crippen molar-refractivity contribution < 1.29 is 22.7 Å². The number of hydrogen-bond acceptors (Lipinski definition) is 5. The second-order valence-electron chi connectivity index (χ2n) is 7.51. The third-order valence-corrected chi connectivity index (χ3v) is 7.02. The Hall–Kier alpha value is -2.13. The number of hydrogen-bond donors (Lipinski definition) is 2. The maximum atomic E-state index is 12.6. The molecule has 31 heavy (non-hydrogen) atoms. The van der Waals surface area contributed by atoms with E-state index in [0.717, 1.165) is 30.0 Å². The molecule has 1 aliphatic carbocycles. The molecule has 7 nitrogen and oxygen atoms in total. The van der Waals surface area contributed by atoms with Crippen LogP contribution in [0.4, 0.5) is 5.69 Å². The maximum absolute atomic E-state index is 12.6. The Kier molecular flexibility index (Phi) is 6.95. The van der Waals surface area contributed by atoms with E-state index in [1.807, 2.05) is 26.0 Å². The lowest BCUT2D eigenvalue weighted by Crippen LogP contribution is -2.30. The van der Waals surface area contributed by atoms with Gasteiger partial charge in [-0.2, -0.15) is 0 Å². The molecule has 10 heteroatoms. The first kappa shape index (κ1) is 23.5. The largest absolute Gasteiger partial charge is 0.449 e. The van der Waals surface area contributed by atoms with Gasteiger partial charge in [0.2, 0.25) is 10.0 Å². The first-order valence-corrected chi connectivity index (χ1v) is 11.8. The highest BCUT2D eigenvalue weighted by atomic mass is 35.5. The van der Waals surface area contributed by atoms with Crippen LogP contribution in [0, 0.1) is 13.8 Å². The number of rotatable bonds is 7. The minimum absolute atomic E-state index is 0.0811. The molecule has 1 fully saturated rings. The molecule has 2 N–H and O–H groups in total. The van der Waals surface area contributed by atoms with Crippen LogP contribution in [0.15, 0.2) is 35.2 Å². The van der Waals surface area contributed by atoms with Crippen LogP contribution in [-0.2, 0) is 19.6 Å². The predicted molar refractivity (Wildman–Crippen MR) is 119 cm³/mol. The fourth-order valence-corrected chi connectivity index (χ4v) is 5.00. The second kappa shape index (κ2) is 9.16. The van der Waals surface area contributed by atoms with Gasteiger partial charge in [0.25, 0.3) is 5.91 Å². The van der Waals surface area contributed by atoms with Crippen molar-refractivity contribution in [3.8, 4) is 0 Å². The molecule has 1 saturated carbocycles. The molecule has 166 valence electrons. The van der Waals surface area contributed by atoms with Gasteiger partial charge in [-0.05, 0) is 57.4 Å².